The Labute approximate surface area is 329 Å². The van der Waals surface area contributed by atoms with Gasteiger partial charge in [-0.3, -0.25) is 9.59 Å². The molecule has 3 amide bonds. The molecule has 3 N–H and O–H groups in total. The molecule has 1 atom stereocenters. The molecule has 0 fully saturated rings. The molecule has 1 aliphatic rings. The maximum atomic E-state index is 13.3. The molecule has 0 bridgehead atoms. The summed E-state index contributed by atoms with van der Waals surface area (Å²) in [6.45, 7) is 5.70. The Balaban J connectivity index is 1.37. The first-order valence-corrected chi connectivity index (χ1v) is 22.1. The van der Waals surface area contributed by atoms with Crippen molar-refractivity contribution in [2.45, 2.75) is 180 Å². The van der Waals surface area contributed by atoms with Crippen LogP contribution in [0.25, 0.3) is 11.1 Å². The van der Waals surface area contributed by atoms with E-state index in [1.54, 1.807) is 0 Å². The van der Waals surface area contributed by atoms with Gasteiger partial charge in [-0.25, -0.2) is 4.79 Å². The average Bonchev–Trinajstić information content (AvgIpc) is 3.50. The predicted octanol–water partition coefficient (Wildman–Crippen LogP) is 11.8. The van der Waals surface area contributed by atoms with Crippen molar-refractivity contribution in [2.24, 2.45) is 0 Å². The van der Waals surface area contributed by atoms with Crippen LogP contribution in [0.2, 0.25) is 0 Å². The van der Waals surface area contributed by atoms with Gasteiger partial charge in [-0.1, -0.05) is 204 Å². The number of unbranched alkanes of at least 4 members (excludes halogenated alkanes) is 22. The number of fused-ring (bicyclic) bond motifs is 3. The van der Waals surface area contributed by atoms with Crippen LogP contribution in [0.15, 0.2) is 48.5 Å². The lowest BCUT2D eigenvalue weighted by Crippen LogP contribution is -2.54. The lowest BCUT2D eigenvalue weighted by molar-refractivity contribution is -0.121. The molecule has 2 aromatic carbocycles. The SMILES string of the molecule is CCCCCCCCCCCCCCCCNC(=O)[B][C@H](NC(=O)OCC1c2ccccc2-c2ccccc21)C(=O)NCCCCCCCCCCCC. The molecule has 0 saturated carbocycles. The van der Waals surface area contributed by atoms with E-state index in [9.17, 15) is 14.4 Å². The number of nitrogens with one attached hydrogen (secondary N) is 3. The van der Waals surface area contributed by atoms with Crippen molar-refractivity contribution in [1.29, 1.82) is 0 Å². The molecule has 0 saturated heterocycles. The molecule has 0 heterocycles. The molecule has 8 heteroatoms. The second-order valence-corrected chi connectivity index (χ2v) is 15.5. The Hall–Kier alpha value is -3.29. The van der Waals surface area contributed by atoms with Crippen LogP contribution in [-0.4, -0.2) is 50.7 Å². The molecular weight excluding hydrogens is 669 g/mol. The predicted molar refractivity (Wildman–Crippen MR) is 226 cm³/mol. The molecular formula is C46H73BN3O4. The van der Waals surface area contributed by atoms with Crippen LogP contribution >= 0.6 is 0 Å². The zero-order valence-corrected chi connectivity index (χ0v) is 34.1. The van der Waals surface area contributed by atoms with Gasteiger partial charge in [-0.05, 0) is 35.1 Å². The highest BCUT2D eigenvalue weighted by Crippen LogP contribution is 2.44. The fourth-order valence-corrected chi connectivity index (χ4v) is 7.63. The van der Waals surface area contributed by atoms with Crippen LogP contribution in [0, 0.1) is 0 Å². The molecule has 0 spiro atoms. The van der Waals surface area contributed by atoms with Gasteiger partial charge in [0, 0.05) is 19.0 Å². The Morgan fingerprint density at radius 2 is 0.944 bits per heavy atom. The van der Waals surface area contributed by atoms with Gasteiger partial charge in [-0.2, -0.15) is 0 Å². The first kappa shape index (κ1) is 45.1. The minimum atomic E-state index is -1.12. The third-order valence-corrected chi connectivity index (χ3v) is 10.9. The van der Waals surface area contributed by atoms with E-state index in [-0.39, 0.29) is 18.3 Å². The Morgan fingerprint density at radius 3 is 1.39 bits per heavy atom. The minimum absolute atomic E-state index is 0.0934. The van der Waals surface area contributed by atoms with Crippen molar-refractivity contribution in [2.75, 3.05) is 19.7 Å². The van der Waals surface area contributed by atoms with E-state index in [0.29, 0.717) is 13.1 Å². The van der Waals surface area contributed by atoms with Crippen LogP contribution in [0.4, 0.5) is 9.59 Å². The van der Waals surface area contributed by atoms with E-state index < -0.39 is 17.9 Å². The largest absolute Gasteiger partial charge is 0.449 e. The van der Waals surface area contributed by atoms with Crippen LogP contribution in [0.1, 0.15) is 185 Å². The summed E-state index contributed by atoms with van der Waals surface area (Å²) in [4.78, 5) is 39.3. The number of alkyl carbamates (subject to hydrolysis) is 1. The van der Waals surface area contributed by atoms with E-state index in [1.165, 1.54) is 129 Å². The van der Waals surface area contributed by atoms with Crippen molar-refractivity contribution in [3.63, 3.8) is 0 Å². The molecule has 7 nitrogen and oxygen atoms in total. The molecule has 0 aliphatic heterocycles. The Bertz CT molecular complexity index is 1270. The third kappa shape index (κ3) is 18.4. The zero-order valence-electron chi connectivity index (χ0n) is 34.1. The molecule has 1 radical (unpaired) electrons. The lowest BCUT2D eigenvalue weighted by Gasteiger charge is -2.19. The lowest BCUT2D eigenvalue weighted by atomic mass is 9.68. The fourth-order valence-electron chi connectivity index (χ4n) is 7.63. The van der Waals surface area contributed by atoms with Crippen LogP contribution < -0.4 is 16.0 Å². The number of ether oxygens (including phenoxy) is 1. The van der Waals surface area contributed by atoms with Gasteiger partial charge in [0.2, 0.25) is 5.91 Å². The second kappa shape index (κ2) is 29.1. The normalized spacial score (nSPS) is 12.5. The third-order valence-electron chi connectivity index (χ3n) is 10.9. The number of benzene rings is 2. The zero-order chi connectivity index (χ0) is 38.5. The summed E-state index contributed by atoms with van der Waals surface area (Å²) in [6, 6.07) is 16.4. The fraction of sp³-hybridized carbons (Fsp3) is 0.674. The molecule has 0 aromatic heterocycles. The van der Waals surface area contributed by atoms with E-state index in [2.05, 4.69) is 54.1 Å². The topological polar surface area (TPSA) is 96.5 Å². The molecule has 299 valence electrons. The maximum Gasteiger partial charge on any atom is 0.407 e. The first-order chi connectivity index (χ1) is 26.5. The molecule has 2 aromatic rings. The highest BCUT2D eigenvalue weighted by Gasteiger charge is 2.30. The second-order valence-electron chi connectivity index (χ2n) is 15.5. The van der Waals surface area contributed by atoms with E-state index in [0.717, 1.165) is 54.4 Å². The van der Waals surface area contributed by atoms with Gasteiger partial charge in [0.25, 0.3) is 7.28 Å². The summed E-state index contributed by atoms with van der Waals surface area (Å²) in [7, 11) is 1.28. The summed E-state index contributed by atoms with van der Waals surface area (Å²) in [5.74, 6) is -1.97. The smallest absolute Gasteiger partial charge is 0.407 e. The highest BCUT2D eigenvalue weighted by molar-refractivity contribution is 6.77. The first-order valence-electron chi connectivity index (χ1n) is 22.1. The van der Waals surface area contributed by atoms with Crippen LogP contribution in [0.3, 0.4) is 0 Å². The quantitative estimate of drug-likeness (QED) is 0.0514. The molecule has 0 unspecified atom stereocenters. The number of rotatable bonds is 32. The number of amides is 3. The summed E-state index contributed by atoms with van der Waals surface area (Å²) >= 11 is 0. The summed E-state index contributed by atoms with van der Waals surface area (Å²) in [5.41, 5.74) is 4.53. The monoisotopic (exact) mass is 743 g/mol. The number of carbonyl (C=O) groups is 3. The number of hydrogen-bond donors (Lipinski definition) is 3. The van der Waals surface area contributed by atoms with Gasteiger partial charge in [0.1, 0.15) is 6.61 Å². The summed E-state index contributed by atoms with van der Waals surface area (Å²) in [6.07, 6.45) is 29.3. The van der Waals surface area contributed by atoms with E-state index in [4.69, 9.17) is 4.74 Å². The standard InChI is InChI=1S/C46H73BN3O4/c1-3-5-7-9-11-13-15-16-17-18-20-22-24-30-36-49-45(52)47-43(44(51)48-35-29-23-21-19-14-12-10-8-6-4-2)50-46(53)54-37-42-40-33-27-25-31-38(40)39-32-26-28-34-41(39)42/h25-28,31-34,42-43H,3-24,29-30,35-37H2,1-2H3,(H,48,51)(H,49,52)(H,50,53)/t43-/m1/s1. The maximum absolute atomic E-state index is 13.3. The van der Waals surface area contributed by atoms with Crippen molar-refractivity contribution in [1.82, 2.24) is 16.0 Å². The van der Waals surface area contributed by atoms with Crippen LogP contribution in [0.5, 0.6) is 0 Å². The van der Waals surface area contributed by atoms with Crippen molar-refractivity contribution in [3.8, 4) is 11.1 Å². The highest BCUT2D eigenvalue weighted by atomic mass is 16.5. The van der Waals surface area contributed by atoms with Gasteiger partial charge in [0.15, 0.2) is 5.81 Å². The van der Waals surface area contributed by atoms with Crippen molar-refractivity contribution >= 4 is 25.1 Å². The minimum Gasteiger partial charge on any atom is -0.449 e. The van der Waals surface area contributed by atoms with Gasteiger partial charge in [0.05, 0.1) is 5.94 Å². The Morgan fingerprint density at radius 1 is 0.556 bits per heavy atom. The molecule has 3 rings (SSSR count). The van der Waals surface area contributed by atoms with Gasteiger partial charge in [-0.15, -0.1) is 0 Å². The van der Waals surface area contributed by atoms with Gasteiger partial charge >= 0.3 is 6.09 Å². The van der Waals surface area contributed by atoms with E-state index >= 15 is 0 Å². The summed E-state index contributed by atoms with van der Waals surface area (Å²) in [5, 5.41) is 8.55. The number of carbonyl (C=O) groups excluding carboxylic acids is 3. The number of hydrogen-bond acceptors (Lipinski definition) is 4. The van der Waals surface area contributed by atoms with Crippen molar-refractivity contribution in [3.05, 3.63) is 59.7 Å². The molecule has 54 heavy (non-hydrogen) atoms. The molecule has 1 aliphatic carbocycles. The van der Waals surface area contributed by atoms with Crippen LogP contribution in [-0.2, 0) is 9.53 Å². The van der Waals surface area contributed by atoms with Crippen molar-refractivity contribution < 1.29 is 19.1 Å². The van der Waals surface area contributed by atoms with E-state index in [1.807, 2.05) is 24.3 Å². The average molecular weight is 743 g/mol. The summed E-state index contributed by atoms with van der Waals surface area (Å²) < 4.78 is 5.72. The van der Waals surface area contributed by atoms with Gasteiger partial charge < -0.3 is 20.7 Å². The Kier molecular flexibility index (Phi) is 24.3.